The van der Waals surface area contributed by atoms with Crippen molar-refractivity contribution in [1.29, 1.82) is 0 Å². The number of hydrogen-bond acceptors (Lipinski definition) is 5. The highest BCUT2D eigenvalue weighted by Crippen LogP contribution is 2.25. The Morgan fingerprint density at radius 1 is 1.36 bits per heavy atom. The van der Waals surface area contributed by atoms with E-state index in [0.717, 1.165) is 17.2 Å². The molecule has 2 heterocycles. The van der Waals surface area contributed by atoms with Crippen molar-refractivity contribution >= 4 is 17.3 Å². The molecule has 0 amide bonds. The van der Waals surface area contributed by atoms with Gasteiger partial charge in [0, 0.05) is 18.0 Å². The Labute approximate surface area is 153 Å². The second kappa shape index (κ2) is 9.03. The topological polar surface area (TPSA) is 73.0 Å². The van der Waals surface area contributed by atoms with Crippen LogP contribution in [-0.2, 0) is 5.60 Å². The highest BCUT2D eigenvalue weighted by Gasteiger charge is 2.24. The van der Waals surface area contributed by atoms with Crippen LogP contribution in [0.2, 0.25) is 0 Å². The Kier molecular flexibility index (Phi) is 7.04. The molecule has 0 aliphatic heterocycles. The van der Waals surface area contributed by atoms with E-state index in [-0.39, 0.29) is 12.6 Å². The van der Waals surface area contributed by atoms with Crippen LogP contribution in [0.15, 0.2) is 45.3 Å². The van der Waals surface area contributed by atoms with Crippen LogP contribution in [0.1, 0.15) is 30.5 Å². The molecule has 2 unspecified atom stereocenters. The zero-order valence-corrected chi connectivity index (χ0v) is 16.1. The summed E-state index contributed by atoms with van der Waals surface area (Å²) in [5.74, 6) is 1.58. The summed E-state index contributed by atoms with van der Waals surface area (Å²) in [5, 5.41) is 19.2. The van der Waals surface area contributed by atoms with Gasteiger partial charge < -0.3 is 20.2 Å². The first-order valence-corrected chi connectivity index (χ1v) is 9.30. The third kappa shape index (κ3) is 5.59. The van der Waals surface area contributed by atoms with Crippen LogP contribution in [0.25, 0.3) is 0 Å². The lowest BCUT2D eigenvalue weighted by Gasteiger charge is -2.24. The maximum atomic E-state index is 10.6. The molecule has 0 fully saturated rings. The van der Waals surface area contributed by atoms with Crippen molar-refractivity contribution in [2.45, 2.75) is 25.5 Å². The fraction of sp³-hybridized carbons (Fsp3) is 0.500. The maximum Gasteiger partial charge on any atom is 0.191 e. The second-order valence-electron chi connectivity index (χ2n) is 6.32. The van der Waals surface area contributed by atoms with Crippen LogP contribution in [0.3, 0.4) is 0 Å². The number of likely N-dealkylation sites (N-methyl/N-ethyl adjacent to an activating group) is 1. The summed E-state index contributed by atoms with van der Waals surface area (Å²) >= 11 is 1.54. The van der Waals surface area contributed by atoms with Gasteiger partial charge in [-0.1, -0.05) is 6.07 Å². The molecule has 2 atom stereocenters. The van der Waals surface area contributed by atoms with Crippen LogP contribution >= 0.6 is 11.3 Å². The fourth-order valence-corrected chi connectivity index (χ4v) is 3.23. The number of guanidine groups is 1. The summed E-state index contributed by atoms with van der Waals surface area (Å²) in [6.07, 6.45) is 1.68. The molecule has 0 aliphatic rings. The molecule has 0 radical (unpaired) electrons. The monoisotopic (exact) mass is 364 g/mol. The van der Waals surface area contributed by atoms with E-state index in [0.29, 0.717) is 12.5 Å². The van der Waals surface area contributed by atoms with Gasteiger partial charge >= 0.3 is 0 Å². The summed E-state index contributed by atoms with van der Waals surface area (Å²) in [7, 11) is 4.03. The molecule has 0 aromatic carbocycles. The Morgan fingerprint density at radius 2 is 2.16 bits per heavy atom. The average Bonchev–Trinajstić information content (AvgIpc) is 3.26. The maximum absolute atomic E-state index is 10.6. The van der Waals surface area contributed by atoms with E-state index >= 15 is 0 Å². The van der Waals surface area contributed by atoms with E-state index in [1.165, 1.54) is 11.3 Å². The Bertz CT molecular complexity index is 636. The molecule has 7 heteroatoms. The summed E-state index contributed by atoms with van der Waals surface area (Å²) in [5.41, 5.74) is -0.974. The molecular weight excluding hydrogens is 336 g/mol. The number of rotatable bonds is 8. The first-order valence-electron chi connectivity index (χ1n) is 8.42. The normalized spacial score (nSPS) is 15.8. The molecule has 6 nitrogen and oxygen atoms in total. The molecule has 0 saturated heterocycles. The van der Waals surface area contributed by atoms with Gasteiger partial charge in [-0.2, -0.15) is 0 Å². The van der Waals surface area contributed by atoms with E-state index in [2.05, 4.69) is 20.5 Å². The first-order chi connectivity index (χ1) is 11.9. The zero-order valence-electron chi connectivity index (χ0n) is 15.3. The number of nitrogens with zero attached hydrogens (tertiary/aromatic N) is 2. The summed E-state index contributed by atoms with van der Waals surface area (Å²) < 4.78 is 5.53. The standard InChI is InChI=1S/C18H28N4O2S/c1-5-19-17(21-13-18(2,23)16-9-7-11-25-16)20-12-14(22(3)4)15-8-6-10-24-15/h6-11,14,23H,5,12-13H2,1-4H3,(H2,19,20,21). The van der Waals surface area contributed by atoms with Gasteiger partial charge in [0.05, 0.1) is 18.8 Å². The van der Waals surface area contributed by atoms with Gasteiger partial charge in [0.15, 0.2) is 5.96 Å². The van der Waals surface area contributed by atoms with Crippen molar-refractivity contribution in [3.63, 3.8) is 0 Å². The van der Waals surface area contributed by atoms with E-state index in [9.17, 15) is 5.11 Å². The lowest BCUT2D eigenvalue weighted by atomic mass is 10.1. The molecule has 0 bridgehead atoms. The van der Waals surface area contributed by atoms with Gasteiger partial charge in [0.1, 0.15) is 11.4 Å². The van der Waals surface area contributed by atoms with E-state index < -0.39 is 5.60 Å². The number of hydrogen-bond donors (Lipinski definition) is 3. The first kappa shape index (κ1) is 19.5. The fourth-order valence-electron chi connectivity index (χ4n) is 2.45. The van der Waals surface area contributed by atoms with Crippen molar-refractivity contribution in [2.24, 2.45) is 4.99 Å². The number of aliphatic hydroxyl groups is 1. The third-order valence-electron chi connectivity index (χ3n) is 3.90. The molecule has 0 saturated carbocycles. The van der Waals surface area contributed by atoms with Gasteiger partial charge in [0.2, 0.25) is 0 Å². The van der Waals surface area contributed by atoms with Crippen LogP contribution in [0.4, 0.5) is 0 Å². The Balaban J connectivity index is 2.02. The van der Waals surface area contributed by atoms with Gasteiger partial charge in [0.25, 0.3) is 0 Å². The molecule has 25 heavy (non-hydrogen) atoms. The summed E-state index contributed by atoms with van der Waals surface area (Å²) in [6, 6.07) is 7.82. The number of aliphatic imine (C=N–C) groups is 1. The Hall–Kier alpha value is -1.83. The van der Waals surface area contributed by atoms with Crippen molar-refractivity contribution in [3.05, 3.63) is 46.5 Å². The van der Waals surface area contributed by atoms with Crippen molar-refractivity contribution in [3.8, 4) is 0 Å². The summed E-state index contributed by atoms with van der Waals surface area (Å²) in [4.78, 5) is 7.56. The SMILES string of the molecule is CCNC(=NCC(C)(O)c1cccs1)NCC(c1ccco1)N(C)C. The lowest BCUT2D eigenvalue weighted by molar-refractivity contribution is 0.0711. The third-order valence-corrected chi connectivity index (χ3v) is 5.02. The van der Waals surface area contributed by atoms with Crippen LogP contribution < -0.4 is 10.6 Å². The van der Waals surface area contributed by atoms with Crippen LogP contribution in [-0.4, -0.2) is 49.7 Å². The lowest BCUT2D eigenvalue weighted by Crippen LogP contribution is -2.42. The van der Waals surface area contributed by atoms with Gasteiger partial charge in [-0.15, -0.1) is 11.3 Å². The molecule has 0 aliphatic carbocycles. The quantitative estimate of drug-likeness (QED) is 0.496. The van der Waals surface area contributed by atoms with E-state index in [1.54, 1.807) is 13.2 Å². The highest BCUT2D eigenvalue weighted by molar-refractivity contribution is 7.10. The minimum Gasteiger partial charge on any atom is -0.468 e. The minimum atomic E-state index is -0.974. The molecule has 0 spiro atoms. The smallest absolute Gasteiger partial charge is 0.191 e. The van der Waals surface area contributed by atoms with Gasteiger partial charge in [-0.3, -0.25) is 4.90 Å². The molecule has 138 valence electrons. The summed E-state index contributed by atoms with van der Waals surface area (Å²) in [6.45, 7) is 5.49. The molecule has 3 N–H and O–H groups in total. The Morgan fingerprint density at radius 3 is 2.72 bits per heavy atom. The van der Waals surface area contributed by atoms with Crippen molar-refractivity contribution in [1.82, 2.24) is 15.5 Å². The predicted molar refractivity (Wildman–Crippen MR) is 103 cm³/mol. The predicted octanol–water partition coefficient (Wildman–Crippen LogP) is 2.41. The average molecular weight is 365 g/mol. The molecule has 2 rings (SSSR count). The van der Waals surface area contributed by atoms with Gasteiger partial charge in [-0.25, -0.2) is 4.99 Å². The van der Waals surface area contributed by atoms with E-state index in [1.807, 2.05) is 50.7 Å². The highest BCUT2D eigenvalue weighted by atomic mass is 32.1. The number of furan rings is 1. The van der Waals surface area contributed by atoms with Gasteiger partial charge in [-0.05, 0) is 51.5 Å². The number of thiophene rings is 1. The van der Waals surface area contributed by atoms with Crippen LogP contribution in [0, 0.1) is 0 Å². The molecule has 2 aromatic rings. The van der Waals surface area contributed by atoms with Crippen LogP contribution in [0.5, 0.6) is 0 Å². The second-order valence-corrected chi connectivity index (χ2v) is 7.27. The van der Waals surface area contributed by atoms with Crippen molar-refractivity contribution in [2.75, 3.05) is 33.7 Å². The van der Waals surface area contributed by atoms with Crippen molar-refractivity contribution < 1.29 is 9.52 Å². The molecule has 2 aromatic heterocycles. The largest absolute Gasteiger partial charge is 0.468 e. The van der Waals surface area contributed by atoms with E-state index in [4.69, 9.17) is 4.42 Å². The minimum absolute atomic E-state index is 0.0941. The zero-order chi connectivity index (χ0) is 18.3. The molecular formula is C18H28N4O2S. The number of nitrogens with one attached hydrogen (secondary N) is 2.